The van der Waals surface area contributed by atoms with Crippen LogP contribution in [0.5, 0.6) is 0 Å². The lowest BCUT2D eigenvalue weighted by Crippen LogP contribution is -2.37. The predicted octanol–water partition coefficient (Wildman–Crippen LogP) is 0.555. The van der Waals surface area contributed by atoms with Gasteiger partial charge < -0.3 is 10.2 Å². The third-order valence-electron chi connectivity index (χ3n) is 4.03. The Balaban J connectivity index is 2.04. The molecular formula is C11H19NO3. The average Bonchev–Trinajstić information content (AvgIpc) is 2.55. The summed E-state index contributed by atoms with van der Waals surface area (Å²) in [6.45, 7) is 1.96. The molecule has 1 saturated carbocycles. The van der Waals surface area contributed by atoms with Crippen LogP contribution in [0.15, 0.2) is 0 Å². The molecule has 1 saturated heterocycles. The monoisotopic (exact) mass is 213 g/mol. The maximum atomic E-state index is 10.6. The maximum Gasteiger partial charge on any atom is 0.317 e. The Hall–Kier alpha value is -0.610. The molecule has 0 bridgehead atoms. The van der Waals surface area contributed by atoms with Crippen molar-refractivity contribution in [2.45, 2.75) is 25.7 Å². The average molecular weight is 213 g/mol. The molecule has 2 N–H and O–H groups in total. The van der Waals surface area contributed by atoms with E-state index in [9.17, 15) is 9.90 Å². The van der Waals surface area contributed by atoms with Crippen LogP contribution < -0.4 is 0 Å². The standard InChI is InChI=1S/C11H19NO3/c13-8-11-4-2-1-3-9(11)5-12(7-11)6-10(14)15/h9,13H,1-8H2,(H,14,15)/t9-,11+/m0/s1. The normalized spacial score (nSPS) is 36.5. The van der Waals surface area contributed by atoms with Crippen molar-refractivity contribution in [3.05, 3.63) is 0 Å². The van der Waals surface area contributed by atoms with Gasteiger partial charge in [0.25, 0.3) is 0 Å². The molecule has 0 aromatic heterocycles. The van der Waals surface area contributed by atoms with Crippen LogP contribution in [0, 0.1) is 11.3 Å². The van der Waals surface area contributed by atoms with E-state index < -0.39 is 5.97 Å². The van der Waals surface area contributed by atoms with E-state index in [0.29, 0.717) is 5.92 Å². The van der Waals surface area contributed by atoms with Gasteiger partial charge >= 0.3 is 5.97 Å². The largest absolute Gasteiger partial charge is 0.480 e. The first-order chi connectivity index (χ1) is 7.16. The fourth-order valence-corrected chi connectivity index (χ4v) is 3.26. The quantitative estimate of drug-likeness (QED) is 0.719. The van der Waals surface area contributed by atoms with Crippen molar-refractivity contribution in [3.63, 3.8) is 0 Å². The molecule has 2 atom stereocenters. The second kappa shape index (κ2) is 4.10. The highest BCUT2D eigenvalue weighted by molar-refractivity contribution is 5.69. The number of likely N-dealkylation sites (tertiary alicyclic amines) is 1. The number of hydrogen-bond donors (Lipinski definition) is 2. The number of aliphatic hydroxyl groups is 1. The number of aliphatic hydroxyl groups excluding tert-OH is 1. The lowest BCUT2D eigenvalue weighted by Gasteiger charge is -2.36. The van der Waals surface area contributed by atoms with Gasteiger partial charge in [-0.1, -0.05) is 12.8 Å². The van der Waals surface area contributed by atoms with Gasteiger partial charge in [-0.15, -0.1) is 0 Å². The number of hydrogen-bond acceptors (Lipinski definition) is 3. The smallest absolute Gasteiger partial charge is 0.317 e. The lowest BCUT2D eigenvalue weighted by atomic mass is 9.69. The van der Waals surface area contributed by atoms with Crippen LogP contribution in [0.3, 0.4) is 0 Å². The van der Waals surface area contributed by atoms with Crippen molar-refractivity contribution >= 4 is 5.97 Å². The fourth-order valence-electron chi connectivity index (χ4n) is 3.26. The third kappa shape index (κ3) is 2.01. The van der Waals surface area contributed by atoms with E-state index in [-0.39, 0.29) is 18.6 Å². The van der Waals surface area contributed by atoms with E-state index in [1.807, 2.05) is 4.90 Å². The van der Waals surface area contributed by atoms with Gasteiger partial charge in [-0.3, -0.25) is 9.69 Å². The van der Waals surface area contributed by atoms with Gasteiger partial charge in [0.1, 0.15) is 0 Å². The molecule has 86 valence electrons. The summed E-state index contributed by atoms with van der Waals surface area (Å²) in [5.74, 6) is -0.252. The Morgan fingerprint density at radius 2 is 2.27 bits per heavy atom. The van der Waals surface area contributed by atoms with Gasteiger partial charge in [0.15, 0.2) is 0 Å². The van der Waals surface area contributed by atoms with Crippen molar-refractivity contribution in [2.75, 3.05) is 26.2 Å². The summed E-state index contributed by atoms with van der Waals surface area (Å²) < 4.78 is 0. The minimum absolute atomic E-state index is 0.00764. The van der Waals surface area contributed by atoms with E-state index >= 15 is 0 Å². The molecule has 2 fully saturated rings. The number of fused-ring (bicyclic) bond motifs is 1. The molecule has 4 nitrogen and oxygen atoms in total. The van der Waals surface area contributed by atoms with Crippen LogP contribution in [0.25, 0.3) is 0 Å². The van der Waals surface area contributed by atoms with Crippen molar-refractivity contribution in [1.29, 1.82) is 0 Å². The van der Waals surface area contributed by atoms with Crippen LogP contribution in [-0.2, 0) is 4.79 Å². The zero-order valence-corrected chi connectivity index (χ0v) is 8.98. The minimum Gasteiger partial charge on any atom is -0.480 e. The molecule has 2 aliphatic rings. The maximum absolute atomic E-state index is 10.6. The van der Waals surface area contributed by atoms with Crippen molar-refractivity contribution < 1.29 is 15.0 Å². The van der Waals surface area contributed by atoms with Crippen molar-refractivity contribution in [2.24, 2.45) is 11.3 Å². The molecule has 0 unspecified atom stereocenters. The topological polar surface area (TPSA) is 60.8 Å². The first-order valence-electron chi connectivity index (χ1n) is 5.71. The molecule has 4 heteroatoms. The third-order valence-corrected chi connectivity index (χ3v) is 4.03. The van der Waals surface area contributed by atoms with E-state index in [4.69, 9.17) is 5.11 Å². The summed E-state index contributed by atoms with van der Waals surface area (Å²) in [5, 5.41) is 18.3. The summed E-state index contributed by atoms with van der Waals surface area (Å²) >= 11 is 0. The first-order valence-corrected chi connectivity index (χ1v) is 5.71. The van der Waals surface area contributed by atoms with Gasteiger partial charge in [-0.05, 0) is 18.8 Å². The highest BCUT2D eigenvalue weighted by Crippen LogP contribution is 2.46. The number of rotatable bonds is 3. The molecule has 1 aliphatic carbocycles. The van der Waals surface area contributed by atoms with Gasteiger partial charge in [0, 0.05) is 18.5 Å². The zero-order chi connectivity index (χ0) is 10.9. The predicted molar refractivity (Wildman–Crippen MR) is 55.6 cm³/mol. The number of carboxylic acid groups (broad SMARTS) is 1. The molecule has 15 heavy (non-hydrogen) atoms. The summed E-state index contributed by atoms with van der Waals surface area (Å²) in [5.41, 5.74) is 0.00764. The molecular weight excluding hydrogens is 194 g/mol. The van der Waals surface area contributed by atoms with Crippen LogP contribution in [-0.4, -0.2) is 47.3 Å². The van der Waals surface area contributed by atoms with E-state index in [0.717, 1.165) is 25.9 Å². The SMILES string of the molecule is O=C(O)CN1C[C@@H]2CCCC[C@]2(CO)C1. The fraction of sp³-hybridized carbons (Fsp3) is 0.909. The van der Waals surface area contributed by atoms with Crippen LogP contribution in [0.1, 0.15) is 25.7 Å². The van der Waals surface area contributed by atoms with E-state index in [1.165, 1.54) is 12.8 Å². The highest BCUT2D eigenvalue weighted by atomic mass is 16.4. The Bertz CT molecular complexity index is 256. The second-order valence-electron chi connectivity index (χ2n) is 5.03. The van der Waals surface area contributed by atoms with Gasteiger partial charge in [0.2, 0.25) is 0 Å². The highest BCUT2D eigenvalue weighted by Gasteiger charge is 2.47. The summed E-state index contributed by atoms with van der Waals surface area (Å²) in [6, 6.07) is 0. The summed E-state index contributed by atoms with van der Waals surface area (Å²) in [4.78, 5) is 12.6. The Morgan fingerprint density at radius 3 is 2.87 bits per heavy atom. The molecule has 0 radical (unpaired) electrons. The number of carbonyl (C=O) groups is 1. The lowest BCUT2D eigenvalue weighted by molar-refractivity contribution is -0.138. The Morgan fingerprint density at radius 1 is 1.47 bits per heavy atom. The number of aliphatic carboxylic acids is 1. The van der Waals surface area contributed by atoms with Gasteiger partial charge in [-0.25, -0.2) is 0 Å². The summed E-state index contributed by atoms with van der Waals surface area (Å²) in [6.07, 6.45) is 4.62. The van der Waals surface area contributed by atoms with Crippen LogP contribution >= 0.6 is 0 Å². The van der Waals surface area contributed by atoms with Gasteiger partial charge in [0.05, 0.1) is 13.2 Å². The number of carboxylic acids is 1. The Kier molecular flexibility index (Phi) is 2.98. The molecule has 0 spiro atoms. The minimum atomic E-state index is -0.762. The molecule has 2 rings (SSSR count). The molecule has 1 heterocycles. The van der Waals surface area contributed by atoms with Crippen LogP contribution in [0.2, 0.25) is 0 Å². The Labute approximate surface area is 89.9 Å². The van der Waals surface area contributed by atoms with Crippen LogP contribution in [0.4, 0.5) is 0 Å². The summed E-state index contributed by atoms with van der Waals surface area (Å²) in [7, 11) is 0. The first kappa shape index (κ1) is 10.9. The molecule has 0 amide bonds. The van der Waals surface area contributed by atoms with Crippen molar-refractivity contribution in [1.82, 2.24) is 4.90 Å². The molecule has 0 aromatic rings. The molecule has 1 aliphatic heterocycles. The zero-order valence-electron chi connectivity index (χ0n) is 8.98. The molecule has 0 aromatic carbocycles. The van der Waals surface area contributed by atoms with Gasteiger partial charge in [-0.2, -0.15) is 0 Å². The second-order valence-corrected chi connectivity index (χ2v) is 5.03. The number of nitrogens with zero attached hydrogens (tertiary/aromatic N) is 1. The van der Waals surface area contributed by atoms with E-state index in [1.54, 1.807) is 0 Å². The van der Waals surface area contributed by atoms with Crippen molar-refractivity contribution in [3.8, 4) is 0 Å². The van der Waals surface area contributed by atoms with E-state index in [2.05, 4.69) is 0 Å².